The largest absolute Gasteiger partial charge is 0.464 e. The lowest BCUT2D eigenvalue weighted by molar-refractivity contribution is 0.0347. The van der Waals surface area contributed by atoms with Crippen molar-refractivity contribution < 1.29 is 13.9 Å². The molecule has 3 rings (SSSR count). The summed E-state index contributed by atoms with van der Waals surface area (Å²) in [5.74, 6) is 1.65. The van der Waals surface area contributed by atoms with Gasteiger partial charge in [-0.15, -0.1) is 0 Å². The second kappa shape index (κ2) is 8.69. The number of furan rings is 1. The van der Waals surface area contributed by atoms with Crippen LogP contribution in [0.5, 0.6) is 0 Å². The Morgan fingerprint density at radius 2 is 1.92 bits per heavy atom. The minimum Gasteiger partial charge on any atom is -0.464 e. The Bertz CT molecular complexity index is 666. The van der Waals surface area contributed by atoms with E-state index in [0.29, 0.717) is 13.1 Å². The fourth-order valence-corrected chi connectivity index (χ4v) is 2.82. The molecule has 2 aromatic rings. The first-order valence-corrected chi connectivity index (χ1v) is 8.67. The zero-order chi connectivity index (χ0) is 17.5. The average Bonchev–Trinajstić information content (AvgIpc) is 3.05. The summed E-state index contributed by atoms with van der Waals surface area (Å²) in [6.07, 6.45) is 0. The second-order valence-electron chi connectivity index (χ2n) is 6.18. The first-order valence-electron chi connectivity index (χ1n) is 8.67. The molecular weight excluding hydrogens is 318 g/mol. The highest BCUT2D eigenvalue weighted by Gasteiger charge is 2.18. The van der Waals surface area contributed by atoms with E-state index in [0.717, 1.165) is 50.1 Å². The Hall–Kier alpha value is -2.31. The fourth-order valence-electron chi connectivity index (χ4n) is 2.82. The van der Waals surface area contributed by atoms with E-state index >= 15 is 0 Å². The number of nitrogens with one attached hydrogen (secondary N) is 1. The van der Waals surface area contributed by atoms with Crippen molar-refractivity contribution in [3.8, 4) is 0 Å². The fraction of sp³-hybridized carbons (Fsp3) is 0.421. The number of para-hydroxylation sites is 1. The number of amides is 2. The zero-order valence-corrected chi connectivity index (χ0v) is 14.6. The van der Waals surface area contributed by atoms with E-state index in [1.807, 2.05) is 49.4 Å². The van der Waals surface area contributed by atoms with Crippen LogP contribution in [0.2, 0.25) is 0 Å². The maximum Gasteiger partial charge on any atom is 0.322 e. The predicted octanol–water partition coefficient (Wildman–Crippen LogP) is 2.95. The van der Waals surface area contributed by atoms with E-state index in [9.17, 15) is 4.79 Å². The molecule has 2 amide bonds. The molecule has 1 aliphatic rings. The zero-order valence-electron chi connectivity index (χ0n) is 14.6. The molecule has 0 bridgehead atoms. The van der Waals surface area contributed by atoms with Crippen LogP contribution in [0.15, 0.2) is 46.9 Å². The molecule has 25 heavy (non-hydrogen) atoms. The Morgan fingerprint density at radius 3 is 2.60 bits per heavy atom. The third kappa shape index (κ3) is 5.34. The van der Waals surface area contributed by atoms with E-state index in [2.05, 4.69) is 10.2 Å². The van der Waals surface area contributed by atoms with Crippen LogP contribution in [0.3, 0.4) is 0 Å². The number of benzene rings is 1. The van der Waals surface area contributed by atoms with E-state index in [1.54, 1.807) is 4.90 Å². The molecule has 2 heterocycles. The molecule has 0 spiro atoms. The van der Waals surface area contributed by atoms with Gasteiger partial charge in [-0.3, -0.25) is 4.90 Å². The maximum atomic E-state index is 12.7. The van der Waals surface area contributed by atoms with Gasteiger partial charge in [0.15, 0.2) is 0 Å². The molecule has 0 saturated carbocycles. The highest BCUT2D eigenvalue weighted by Crippen LogP contribution is 2.12. The predicted molar refractivity (Wildman–Crippen MR) is 96.6 cm³/mol. The van der Waals surface area contributed by atoms with Crippen molar-refractivity contribution in [2.45, 2.75) is 13.5 Å². The summed E-state index contributed by atoms with van der Waals surface area (Å²) in [4.78, 5) is 16.8. The number of nitrogens with zero attached hydrogens (tertiary/aromatic N) is 2. The van der Waals surface area contributed by atoms with Crippen LogP contribution >= 0.6 is 0 Å². The Morgan fingerprint density at radius 1 is 1.16 bits per heavy atom. The molecule has 1 aliphatic heterocycles. The molecule has 0 unspecified atom stereocenters. The van der Waals surface area contributed by atoms with Crippen LogP contribution in [-0.2, 0) is 11.3 Å². The monoisotopic (exact) mass is 343 g/mol. The van der Waals surface area contributed by atoms with Gasteiger partial charge < -0.3 is 19.4 Å². The van der Waals surface area contributed by atoms with Crippen LogP contribution in [-0.4, -0.2) is 55.2 Å². The molecule has 1 aromatic heterocycles. The molecule has 0 atom stereocenters. The summed E-state index contributed by atoms with van der Waals surface area (Å²) in [7, 11) is 0. The highest BCUT2D eigenvalue weighted by atomic mass is 16.5. The Kier molecular flexibility index (Phi) is 6.09. The Labute approximate surface area is 148 Å². The van der Waals surface area contributed by atoms with Crippen molar-refractivity contribution in [3.05, 3.63) is 54.0 Å². The summed E-state index contributed by atoms with van der Waals surface area (Å²) in [6.45, 7) is 7.16. The van der Waals surface area contributed by atoms with Crippen LogP contribution in [0, 0.1) is 6.92 Å². The molecule has 6 nitrogen and oxygen atoms in total. The van der Waals surface area contributed by atoms with Gasteiger partial charge in [-0.1, -0.05) is 18.2 Å². The molecule has 1 saturated heterocycles. The lowest BCUT2D eigenvalue weighted by Crippen LogP contribution is -2.44. The molecule has 1 N–H and O–H groups in total. The van der Waals surface area contributed by atoms with Gasteiger partial charge in [0.05, 0.1) is 19.8 Å². The van der Waals surface area contributed by atoms with Crippen molar-refractivity contribution in [2.24, 2.45) is 0 Å². The number of aryl methyl sites for hydroxylation is 1. The van der Waals surface area contributed by atoms with Gasteiger partial charge in [-0.25, -0.2) is 4.79 Å². The van der Waals surface area contributed by atoms with Crippen molar-refractivity contribution in [3.63, 3.8) is 0 Å². The number of urea groups is 1. The quantitative estimate of drug-likeness (QED) is 0.876. The number of hydrogen-bond acceptors (Lipinski definition) is 4. The van der Waals surface area contributed by atoms with E-state index in [4.69, 9.17) is 9.15 Å². The van der Waals surface area contributed by atoms with E-state index in [1.165, 1.54) is 0 Å². The van der Waals surface area contributed by atoms with Gasteiger partial charge in [0, 0.05) is 31.9 Å². The van der Waals surface area contributed by atoms with Crippen molar-refractivity contribution >= 4 is 11.7 Å². The van der Waals surface area contributed by atoms with Crippen LogP contribution in [0.4, 0.5) is 10.5 Å². The van der Waals surface area contributed by atoms with Gasteiger partial charge >= 0.3 is 6.03 Å². The van der Waals surface area contributed by atoms with Crippen molar-refractivity contribution in [1.29, 1.82) is 0 Å². The minimum atomic E-state index is -0.117. The summed E-state index contributed by atoms with van der Waals surface area (Å²) >= 11 is 0. The highest BCUT2D eigenvalue weighted by molar-refractivity contribution is 5.89. The number of morpholine rings is 1. The smallest absolute Gasteiger partial charge is 0.322 e. The topological polar surface area (TPSA) is 58.0 Å². The standard InChI is InChI=1S/C19H25N3O3/c1-16-7-8-18(25-16)15-22(10-9-21-11-13-24-14-12-21)19(23)20-17-5-3-2-4-6-17/h2-8H,9-15H2,1H3,(H,20,23). The number of ether oxygens (including phenoxy) is 1. The summed E-state index contributed by atoms with van der Waals surface area (Å²) in [6, 6.07) is 13.2. The number of hydrogen-bond donors (Lipinski definition) is 1. The summed E-state index contributed by atoms with van der Waals surface area (Å²) in [5.41, 5.74) is 0.791. The molecule has 1 fully saturated rings. The lowest BCUT2D eigenvalue weighted by atomic mass is 10.3. The number of rotatable bonds is 6. The third-order valence-corrected chi connectivity index (χ3v) is 4.24. The van der Waals surface area contributed by atoms with Crippen LogP contribution in [0.1, 0.15) is 11.5 Å². The first-order chi connectivity index (χ1) is 12.2. The van der Waals surface area contributed by atoms with Crippen molar-refractivity contribution in [1.82, 2.24) is 9.80 Å². The van der Waals surface area contributed by atoms with E-state index < -0.39 is 0 Å². The average molecular weight is 343 g/mol. The molecule has 0 aliphatic carbocycles. The van der Waals surface area contributed by atoms with Crippen LogP contribution in [0.25, 0.3) is 0 Å². The molecule has 6 heteroatoms. The lowest BCUT2D eigenvalue weighted by Gasteiger charge is -2.29. The SMILES string of the molecule is Cc1ccc(CN(CCN2CCOCC2)C(=O)Nc2ccccc2)o1. The molecule has 1 aromatic carbocycles. The number of anilines is 1. The molecule has 0 radical (unpaired) electrons. The van der Waals surface area contributed by atoms with E-state index in [-0.39, 0.29) is 6.03 Å². The first kappa shape index (κ1) is 17.5. The Balaban J connectivity index is 1.63. The van der Waals surface area contributed by atoms with Gasteiger partial charge in [0.1, 0.15) is 11.5 Å². The third-order valence-electron chi connectivity index (χ3n) is 4.24. The maximum absolute atomic E-state index is 12.7. The minimum absolute atomic E-state index is 0.117. The van der Waals surface area contributed by atoms with Crippen molar-refractivity contribution in [2.75, 3.05) is 44.7 Å². The van der Waals surface area contributed by atoms with Gasteiger partial charge in [0.25, 0.3) is 0 Å². The van der Waals surface area contributed by atoms with Gasteiger partial charge in [-0.05, 0) is 31.2 Å². The summed E-state index contributed by atoms with van der Waals surface area (Å²) in [5, 5.41) is 2.96. The van der Waals surface area contributed by atoms with Gasteiger partial charge in [0.2, 0.25) is 0 Å². The molecule has 134 valence electrons. The molecular formula is C19H25N3O3. The van der Waals surface area contributed by atoms with Gasteiger partial charge in [-0.2, -0.15) is 0 Å². The second-order valence-corrected chi connectivity index (χ2v) is 6.18. The summed E-state index contributed by atoms with van der Waals surface area (Å²) < 4.78 is 11.0. The number of carbonyl (C=O) groups is 1. The number of carbonyl (C=O) groups excluding carboxylic acids is 1. The normalized spacial score (nSPS) is 15.1. The van der Waals surface area contributed by atoms with Crippen LogP contribution < -0.4 is 5.32 Å².